The molecule has 0 saturated heterocycles. The predicted molar refractivity (Wildman–Crippen MR) is 81.8 cm³/mol. The minimum Gasteiger partial charge on any atom is -0.303 e. The number of nitrogens with zero attached hydrogens (tertiary/aromatic N) is 1. The van der Waals surface area contributed by atoms with Crippen molar-refractivity contribution >= 4 is 13.3 Å². The van der Waals surface area contributed by atoms with Crippen molar-refractivity contribution in [1.29, 1.82) is 0 Å². The molecule has 0 aromatic heterocycles. The quantitative estimate of drug-likeness (QED) is 0.338. The second-order valence-electron chi connectivity index (χ2n) is 4.93. The molecule has 0 spiro atoms. The summed E-state index contributed by atoms with van der Waals surface area (Å²) in [6.45, 7) is 10.6. The van der Waals surface area contributed by atoms with Gasteiger partial charge in [-0.05, 0) is 44.4 Å². The summed E-state index contributed by atoms with van der Waals surface area (Å²) < 4.78 is 49.2. The van der Waals surface area contributed by atoms with Gasteiger partial charge in [-0.25, -0.2) is 17.6 Å². The largest absolute Gasteiger partial charge is 0.303 e. The Labute approximate surface area is 125 Å². The van der Waals surface area contributed by atoms with Crippen molar-refractivity contribution in [2.45, 2.75) is 40.0 Å². The van der Waals surface area contributed by atoms with E-state index in [1.165, 1.54) is 38.9 Å². The summed E-state index contributed by atoms with van der Waals surface area (Å²) in [4.78, 5) is 2.54. The maximum Gasteiger partial charge on any atom is 0.194 e. The SMILES string of the molecule is Bc1c(F)cc(F)c(F)c1F.CCCN(CCC)CCC. The van der Waals surface area contributed by atoms with Crippen LogP contribution in [-0.2, 0) is 0 Å². The first kappa shape index (κ1) is 20.0. The minimum absolute atomic E-state index is 0.313. The van der Waals surface area contributed by atoms with Gasteiger partial charge in [0.2, 0.25) is 0 Å². The highest BCUT2D eigenvalue weighted by molar-refractivity contribution is 6.32. The van der Waals surface area contributed by atoms with E-state index in [1.807, 2.05) is 0 Å². The summed E-state index contributed by atoms with van der Waals surface area (Å²) in [7, 11) is 1.03. The van der Waals surface area contributed by atoms with Crippen LogP contribution < -0.4 is 5.46 Å². The molecule has 21 heavy (non-hydrogen) atoms. The van der Waals surface area contributed by atoms with E-state index in [1.54, 1.807) is 0 Å². The van der Waals surface area contributed by atoms with E-state index in [9.17, 15) is 17.6 Å². The normalized spacial score (nSPS) is 10.5. The highest BCUT2D eigenvalue weighted by atomic mass is 19.2. The van der Waals surface area contributed by atoms with E-state index in [0.29, 0.717) is 6.07 Å². The van der Waals surface area contributed by atoms with E-state index in [4.69, 9.17) is 0 Å². The van der Waals surface area contributed by atoms with Crippen LogP contribution in [0.3, 0.4) is 0 Å². The highest BCUT2D eigenvalue weighted by Crippen LogP contribution is 2.09. The Balaban J connectivity index is 0.000000384. The molecule has 0 radical (unpaired) electrons. The zero-order valence-corrected chi connectivity index (χ0v) is 13.3. The molecule has 6 heteroatoms. The summed E-state index contributed by atoms with van der Waals surface area (Å²) in [6, 6.07) is 0.313. The van der Waals surface area contributed by atoms with Gasteiger partial charge in [-0.3, -0.25) is 0 Å². The Kier molecular flexibility index (Phi) is 10.1. The number of hydrogen-bond acceptors (Lipinski definition) is 1. The van der Waals surface area contributed by atoms with Crippen LogP contribution in [0.2, 0.25) is 0 Å². The third-order valence-electron chi connectivity index (χ3n) is 2.96. The minimum atomic E-state index is -1.64. The number of hydrogen-bond donors (Lipinski definition) is 0. The maximum atomic E-state index is 12.4. The van der Waals surface area contributed by atoms with Crippen LogP contribution in [0.25, 0.3) is 0 Å². The summed E-state index contributed by atoms with van der Waals surface area (Å²) in [5.74, 6) is -5.70. The van der Waals surface area contributed by atoms with Crippen molar-refractivity contribution in [2.75, 3.05) is 19.6 Å². The molecule has 0 atom stereocenters. The van der Waals surface area contributed by atoms with Gasteiger partial charge in [0.15, 0.2) is 17.5 Å². The van der Waals surface area contributed by atoms with Crippen LogP contribution in [0.4, 0.5) is 17.6 Å². The standard InChI is InChI=1S/C9H21N.C6H3BF4/c1-4-7-10(8-5-2)9-6-3;7-4-2(8)1-3(9)5(10)6(4)11/h4-9H2,1-3H3;1H,7H2. The summed E-state index contributed by atoms with van der Waals surface area (Å²) in [5.41, 5.74) is -0.510. The van der Waals surface area contributed by atoms with Crippen molar-refractivity contribution in [1.82, 2.24) is 4.90 Å². The molecular formula is C15H24BF4N. The molecule has 0 bridgehead atoms. The lowest BCUT2D eigenvalue weighted by molar-refractivity contribution is 0.275. The molecule has 0 aliphatic rings. The lowest BCUT2D eigenvalue weighted by atomic mass is 9.94. The van der Waals surface area contributed by atoms with Gasteiger partial charge < -0.3 is 4.90 Å². The van der Waals surface area contributed by atoms with Crippen LogP contribution >= 0.6 is 0 Å². The van der Waals surface area contributed by atoms with Crippen molar-refractivity contribution in [3.05, 3.63) is 29.3 Å². The van der Waals surface area contributed by atoms with Gasteiger partial charge in [-0.2, -0.15) is 0 Å². The smallest absolute Gasteiger partial charge is 0.194 e. The summed E-state index contributed by atoms with van der Waals surface area (Å²) in [5, 5.41) is 0. The Bertz CT molecular complexity index is 386. The molecule has 0 amide bonds. The second-order valence-corrected chi connectivity index (χ2v) is 4.93. The number of rotatable bonds is 6. The first-order chi connectivity index (χ1) is 9.88. The fraction of sp³-hybridized carbons (Fsp3) is 0.600. The second kappa shape index (κ2) is 10.7. The topological polar surface area (TPSA) is 3.24 Å². The van der Waals surface area contributed by atoms with Crippen LogP contribution in [-0.4, -0.2) is 32.4 Å². The predicted octanol–water partition coefficient (Wildman–Crippen LogP) is 3.02. The Morgan fingerprint density at radius 3 is 1.62 bits per heavy atom. The molecule has 1 rings (SSSR count). The van der Waals surface area contributed by atoms with Crippen LogP contribution in [0.15, 0.2) is 6.07 Å². The van der Waals surface area contributed by atoms with E-state index in [-0.39, 0.29) is 0 Å². The molecule has 1 aromatic carbocycles. The molecule has 1 aromatic rings. The van der Waals surface area contributed by atoms with Gasteiger partial charge in [0, 0.05) is 6.07 Å². The summed E-state index contributed by atoms with van der Waals surface area (Å²) >= 11 is 0. The molecule has 120 valence electrons. The molecule has 0 unspecified atom stereocenters. The van der Waals surface area contributed by atoms with E-state index in [0.717, 1.165) is 7.85 Å². The molecule has 0 saturated carbocycles. The highest BCUT2D eigenvalue weighted by Gasteiger charge is 2.14. The number of benzene rings is 1. The lowest BCUT2D eigenvalue weighted by Crippen LogP contribution is -2.25. The fourth-order valence-electron chi connectivity index (χ4n) is 1.94. The van der Waals surface area contributed by atoms with Crippen LogP contribution in [0, 0.1) is 23.3 Å². The zero-order valence-electron chi connectivity index (χ0n) is 13.3. The Hall–Kier alpha value is -1.04. The van der Waals surface area contributed by atoms with Crippen LogP contribution in [0.5, 0.6) is 0 Å². The van der Waals surface area contributed by atoms with Gasteiger partial charge in [-0.1, -0.05) is 20.8 Å². The molecule has 1 nitrogen and oxygen atoms in total. The number of halogens is 4. The Morgan fingerprint density at radius 1 is 0.810 bits per heavy atom. The van der Waals surface area contributed by atoms with Crippen molar-refractivity contribution < 1.29 is 17.6 Å². The fourth-order valence-corrected chi connectivity index (χ4v) is 1.94. The monoisotopic (exact) mass is 305 g/mol. The zero-order chi connectivity index (χ0) is 16.4. The average Bonchev–Trinajstić information content (AvgIpc) is 2.45. The molecule has 0 aliphatic heterocycles. The van der Waals surface area contributed by atoms with E-state index >= 15 is 0 Å². The van der Waals surface area contributed by atoms with Gasteiger partial charge >= 0.3 is 0 Å². The molecule has 0 heterocycles. The Morgan fingerprint density at radius 2 is 1.24 bits per heavy atom. The van der Waals surface area contributed by atoms with Gasteiger partial charge in [-0.15, -0.1) is 0 Å². The van der Waals surface area contributed by atoms with Crippen molar-refractivity contribution in [2.24, 2.45) is 0 Å². The molecular weight excluding hydrogens is 281 g/mol. The first-order valence-electron chi connectivity index (χ1n) is 7.40. The molecule has 0 aliphatic carbocycles. The van der Waals surface area contributed by atoms with E-state index in [2.05, 4.69) is 25.7 Å². The van der Waals surface area contributed by atoms with Crippen molar-refractivity contribution in [3.63, 3.8) is 0 Å². The average molecular weight is 305 g/mol. The van der Waals surface area contributed by atoms with Crippen LogP contribution in [0.1, 0.15) is 40.0 Å². The van der Waals surface area contributed by atoms with Gasteiger partial charge in [0.1, 0.15) is 13.7 Å². The molecule has 0 N–H and O–H groups in total. The third kappa shape index (κ3) is 6.98. The molecule has 0 fully saturated rings. The maximum absolute atomic E-state index is 12.4. The van der Waals surface area contributed by atoms with Gasteiger partial charge in [0.05, 0.1) is 0 Å². The lowest BCUT2D eigenvalue weighted by Gasteiger charge is -2.19. The summed E-state index contributed by atoms with van der Waals surface area (Å²) in [6.07, 6.45) is 3.88. The first-order valence-corrected chi connectivity index (χ1v) is 7.40. The third-order valence-corrected chi connectivity index (χ3v) is 2.96. The van der Waals surface area contributed by atoms with Crippen molar-refractivity contribution in [3.8, 4) is 0 Å². The van der Waals surface area contributed by atoms with E-state index < -0.39 is 28.7 Å². The van der Waals surface area contributed by atoms with Gasteiger partial charge in [0.25, 0.3) is 0 Å².